The fraction of sp³-hybridized carbons (Fsp3) is 0.412. The van der Waals surface area contributed by atoms with Crippen LogP contribution >= 0.6 is 0 Å². The molecule has 0 aliphatic heterocycles. The number of amides is 1. The van der Waals surface area contributed by atoms with E-state index in [-0.39, 0.29) is 11.9 Å². The van der Waals surface area contributed by atoms with Crippen LogP contribution in [0.25, 0.3) is 10.9 Å². The first-order valence-electron chi connectivity index (χ1n) is 7.37. The highest BCUT2D eigenvalue weighted by molar-refractivity contribution is 6.06. The third-order valence-corrected chi connectivity index (χ3v) is 3.51. The fourth-order valence-electron chi connectivity index (χ4n) is 2.38. The van der Waals surface area contributed by atoms with Gasteiger partial charge in [0.2, 0.25) is 0 Å². The Morgan fingerprint density at radius 3 is 2.90 bits per heavy atom. The van der Waals surface area contributed by atoms with Crippen molar-refractivity contribution in [3.8, 4) is 0 Å². The van der Waals surface area contributed by atoms with E-state index in [1.165, 1.54) is 12.8 Å². The summed E-state index contributed by atoms with van der Waals surface area (Å²) in [4.78, 5) is 16.6. The molecule has 1 unspecified atom stereocenters. The summed E-state index contributed by atoms with van der Waals surface area (Å²) in [6.07, 6.45) is 6.36. The van der Waals surface area contributed by atoms with E-state index in [0.29, 0.717) is 5.56 Å². The van der Waals surface area contributed by atoms with E-state index in [1.54, 1.807) is 6.20 Å². The molecule has 1 amide bonds. The van der Waals surface area contributed by atoms with Crippen LogP contribution in [0.1, 0.15) is 49.9 Å². The van der Waals surface area contributed by atoms with Gasteiger partial charge < -0.3 is 5.32 Å². The lowest BCUT2D eigenvalue weighted by molar-refractivity contribution is 0.0939. The van der Waals surface area contributed by atoms with Crippen molar-refractivity contribution in [2.75, 3.05) is 0 Å². The molecule has 1 N–H and O–H groups in total. The number of pyridine rings is 1. The minimum Gasteiger partial charge on any atom is -0.350 e. The number of rotatable bonds is 6. The lowest BCUT2D eigenvalue weighted by Gasteiger charge is -2.14. The van der Waals surface area contributed by atoms with Gasteiger partial charge in [0.15, 0.2) is 0 Å². The standard InChI is InChI=1S/C17H22N2O/c1-3-4-5-8-13(2)19-17(20)15-9-6-11-16-14(15)10-7-12-18-16/h6-7,9-13H,3-5,8H2,1-2H3,(H,19,20). The van der Waals surface area contributed by atoms with Crippen LogP contribution in [-0.2, 0) is 0 Å². The molecule has 2 rings (SSSR count). The molecule has 20 heavy (non-hydrogen) atoms. The average Bonchev–Trinajstić information content (AvgIpc) is 2.47. The van der Waals surface area contributed by atoms with E-state index >= 15 is 0 Å². The minimum absolute atomic E-state index is 0.00685. The molecule has 0 saturated heterocycles. The monoisotopic (exact) mass is 270 g/mol. The molecule has 0 fully saturated rings. The summed E-state index contributed by atoms with van der Waals surface area (Å²) in [6, 6.07) is 9.69. The molecule has 0 radical (unpaired) electrons. The third-order valence-electron chi connectivity index (χ3n) is 3.51. The number of nitrogens with zero attached hydrogens (tertiary/aromatic N) is 1. The van der Waals surface area contributed by atoms with Crippen molar-refractivity contribution >= 4 is 16.8 Å². The molecule has 1 heterocycles. The molecule has 1 atom stereocenters. The summed E-state index contributed by atoms with van der Waals surface area (Å²) in [5, 5.41) is 3.99. The van der Waals surface area contributed by atoms with Crippen LogP contribution in [0, 0.1) is 0 Å². The first-order chi connectivity index (χ1) is 9.72. The van der Waals surface area contributed by atoms with Crippen molar-refractivity contribution < 1.29 is 4.79 Å². The quantitative estimate of drug-likeness (QED) is 0.808. The van der Waals surface area contributed by atoms with Crippen LogP contribution in [0.5, 0.6) is 0 Å². The molecule has 0 aliphatic carbocycles. The summed E-state index contributed by atoms with van der Waals surface area (Å²) >= 11 is 0. The van der Waals surface area contributed by atoms with Gasteiger partial charge in [0, 0.05) is 23.2 Å². The second-order valence-corrected chi connectivity index (χ2v) is 5.25. The first-order valence-corrected chi connectivity index (χ1v) is 7.37. The largest absolute Gasteiger partial charge is 0.350 e. The Kier molecular flexibility index (Phi) is 5.10. The van der Waals surface area contributed by atoms with Gasteiger partial charge in [-0.2, -0.15) is 0 Å². The number of hydrogen-bond acceptors (Lipinski definition) is 2. The second-order valence-electron chi connectivity index (χ2n) is 5.25. The molecule has 1 aromatic heterocycles. The molecule has 3 heteroatoms. The smallest absolute Gasteiger partial charge is 0.252 e. The Labute approximate surface area is 120 Å². The Balaban J connectivity index is 2.08. The predicted molar refractivity (Wildman–Crippen MR) is 82.8 cm³/mol. The molecule has 1 aromatic carbocycles. The summed E-state index contributed by atoms with van der Waals surface area (Å²) in [5.41, 5.74) is 1.57. The predicted octanol–water partition coefficient (Wildman–Crippen LogP) is 3.93. The van der Waals surface area contributed by atoms with E-state index in [9.17, 15) is 4.79 Å². The lowest BCUT2D eigenvalue weighted by atomic mass is 10.1. The third kappa shape index (κ3) is 3.56. The van der Waals surface area contributed by atoms with E-state index in [2.05, 4.69) is 24.1 Å². The number of aromatic nitrogens is 1. The fourth-order valence-corrected chi connectivity index (χ4v) is 2.38. The zero-order valence-corrected chi connectivity index (χ0v) is 12.2. The van der Waals surface area contributed by atoms with Gasteiger partial charge in [0.1, 0.15) is 0 Å². The molecule has 0 bridgehead atoms. The van der Waals surface area contributed by atoms with Crippen molar-refractivity contribution in [1.29, 1.82) is 0 Å². The van der Waals surface area contributed by atoms with E-state index < -0.39 is 0 Å². The minimum atomic E-state index is -0.00685. The number of fused-ring (bicyclic) bond motifs is 1. The van der Waals surface area contributed by atoms with Gasteiger partial charge in [-0.3, -0.25) is 9.78 Å². The molecular formula is C17H22N2O. The maximum atomic E-state index is 12.4. The number of benzene rings is 1. The number of carbonyl (C=O) groups excluding carboxylic acids is 1. The van der Waals surface area contributed by atoms with E-state index in [0.717, 1.165) is 23.7 Å². The van der Waals surface area contributed by atoms with Crippen LogP contribution in [0.2, 0.25) is 0 Å². The molecule has 0 saturated carbocycles. The number of unbranched alkanes of at least 4 members (excludes halogenated alkanes) is 2. The average molecular weight is 270 g/mol. The van der Waals surface area contributed by atoms with Gasteiger partial charge in [-0.1, -0.05) is 38.3 Å². The van der Waals surface area contributed by atoms with Gasteiger partial charge in [-0.25, -0.2) is 0 Å². The molecule has 0 aliphatic rings. The van der Waals surface area contributed by atoms with Crippen LogP contribution in [0.3, 0.4) is 0 Å². The van der Waals surface area contributed by atoms with Crippen LogP contribution in [0.4, 0.5) is 0 Å². The van der Waals surface area contributed by atoms with E-state index in [1.807, 2.05) is 30.3 Å². The molecule has 2 aromatic rings. The highest BCUT2D eigenvalue weighted by atomic mass is 16.1. The Morgan fingerprint density at radius 2 is 2.10 bits per heavy atom. The van der Waals surface area contributed by atoms with Crippen molar-refractivity contribution in [3.63, 3.8) is 0 Å². The maximum absolute atomic E-state index is 12.4. The maximum Gasteiger partial charge on any atom is 0.252 e. The van der Waals surface area contributed by atoms with Crippen molar-refractivity contribution in [2.45, 2.75) is 45.6 Å². The molecular weight excluding hydrogens is 248 g/mol. The second kappa shape index (κ2) is 7.04. The molecule has 0 spiro atoms. The lowest BCUT2D eigenvalue weighted by Crippen LogP contribution is -2.32. The number of carbonyl (C=O) groups is 1. The highest BCUT2D eigenvalue weighted by Gasteiger charge is 2.12. The summed E-state index contributed by atoms with van der Waals surface area (Å²) < 4.78 is 0. The first kappa shape index (κ1) is 14.5. The Morgan fingerprint density at radius 1 is 1.25 bits per heavy atom. The SMILES string of the molecule is CCCCCC(C)NC(=O)c1cccc2ncccc12. The molecule has 106 valence electrons. The zero-order chi connectivity index (χ0) is 14.4. The van der Waals surface area contributed by atoms with Crippen LogP contribution in [0.15, 0.2) is 36.5 Å². The van der Waals surface area contributed by atoms with Crippen LogP contribution in [-0.4, -0.2) is 16.9 Å². The van der Waals surface area contributed by atoms with Crippen molar-refractivity contribution in [2.24, 2.45) is 0 Å². The summed E-state index contributed by atoms with van der Waals surface area (Å²) in [7, 11) is 0. The van der Waals surface area contributed by atoms with Crippen LogP contribution < -0.4 is 5.32 Å². The number of hydrogen-bond donors (Lipinski definition) is 1. The van der Waals surface area contributed by atoms with Gasteiger partial charge in [-0.05, 0) is 31.5 Å². The van der Waals surface area contributed by atoms with Gasteiger partial charge >= 0.3 is 0 Å². The Hall–Kier alpha value is -1.90. The normalized spacial score (nSPS) is 12.3. The topological polar surface area (TPSA) is 42.0 Å². The highest BCUT2D eigenvalue weighted by Crippen LogP contribution is 2.16. The number of nitrogens with one attached hydrogen (secondary N) is 1. The van der Waals surface area contributed by atoms with Gasteiger partial charge in [0.05, 0.1) is 5.52 Å². The molecule has 3 nitrogen and oxygen atoms in total. The summed E-state index contributed by atoms with van der Waals surface area (Å²) in [6.45, 7) is 4.25. The van der Waals surface area contributed by atoms with Crippen molar-refractivity contribution in [3.05, 3.63) is 42.1 Å². The van der Waals surface area contributed by atoms with Crippen molar-refractivity contribution in [1.82, 2.24) is 10.3 Å². The van der Waals surface area contributed by atoms with Gasteiger partial charge in [0.25, 0.3) is 5.91 Å². The summed E-state index contributed by atoms with van der Waals surface area (Å²) in [5.74, 6) is -0.00685. The Bertz CT molecular complexity index is 575. The van der Waals surface area contributed by atoms with Gasteiger partial charge in [-0.15, -0.1) is 0 Å². The zero-order valence-electron chi connectivity index (χ0n) is 12.2. The van der Waals surface area contributed by atoms with E-state index in [4.69, 9.17) is 0 Å².